The van der Waals surface area contributed by atoms with Gasteiger partial charge < -0.3 is 15.4 Å². The van der Waals surface area contributed by atoms with Crippen molar-refractivity contribution in [3.8, 4) is 0 Å². The predicted octanol–water partition coefficient (Wildman–Crippen LogP) is 4.35. The summed E-state index contributed by atoms with van der Waals surface area (Å²) in [7, 11) is 5.10. The van der Waals surface area contributed by atoms with Gasteiger partial charge in [-0.1, -0.05) is 48.9 Å². The molecule has 2 rings (SSSR count). The van der Waals surface area contributed by atoms with Crippen molar-refractivity contribution in [1.29, 1.82) is 0 Å². The molecule has 0 unspecified atom stereocenters. The van der Waals surface area contributed by atoms with Crippen molar-refractivity contribution in [2.24, 2.45) is 5.10 Å². The van der Waals surface area contributed by atoms with Crippen molar-refractivity contribution in [2.75, 3.05) is 18.1 Å². The lowest BCUT2D eigenvalue weighted by Gasteiger charge is -2.13. The van der Waals surface area contributed by atoms with Crippen molar-refractivity contribution in [2.45, 2.75) is 70.6 Å². The van der Waals surface area contributed by atoms with Crippen molar-refractivity contribution in [1.82, 2.24) is 10.6 Å². The molecule has 1 aliphatic rings. The molecule has 0 atom stereocenters. The molecule has 1 aromatic rings. The molecule has 0 aliphatic carbocycles. The Labute approximate surface area is 207 Å². The zero-order chi connectivity index (χ0) is 24.1. The SMILES string of the molecule is [B]C(=O)CCCCCCCCC(=O)NCCCC(=O)NC1=NN(c2ccc(Cl)c(Cl)c2)CC1. The Balaban J connectivity index is 1.52. The number of nitrogens with zero attached hydrogens (tertiary/aromatic N) is 2. The summed E-state index contributed by atoms with van der Waals surface area (Å²) in [5.41, 5.74) is 0.572. The van der Waals surface area contributed by atoms with Gasteiger partial charge in [-0.25, -0.2) is 0 Å². The minimum absolute atomic E-state index is 0.0153. The molecule has 10 heteroatoms. The summed E-state index contributed by atoms with van der Waals surface area (Å²) >= 11 is 12.0. The molecule has 0 saturated heterocycles. The smallest absolute Gasteiger partial charge is 0.225 e. The fraction of sp³-hybridized carbons (Fsp3) is 0.565. The van der Waals surface area contributed by atoms with Gasteiger partial charge in [-0.2, -0.15) is 5.10 Å². The number of hydrogen-bond donors (Lipinski definition) is 2. The Hall–Kier alpha value is -2.06. The molecular weight excluding hydrogens is 462 g/mol. The summed E-state index contributed by atoms with van der Waals surface area (Å²) in [5.74, 6) is 0.515. The molecule has 2 N–H and O–H groups in total. The molecule has 7 nitrogen and oxygen atoms in total. The summed E-state index contributed by atoms with van der Waals surface area (Å²) in [6.45, 7) is 1.12. The molecule has 1 aliphatic heterocycles. The van der Waals surface area contributed by atoms with E-state index in [2.05, 4.69) is 15.7 Å². The first-order chi connectivity index (χ1) is 15.8. The zero-order valence-electron chi connectivity index (χ0n) is 18.9. The summed E-state index contributed by atoms with van der Waals surface area (Å²) in [6.07, 6.45) is 8.25. The van der Waals surface area contributed by atoms with Crippen LogP contribution in [0.4, 0.5) is 5.69 Å². The molecule has 0 spiro atoms. The number of carbonyl (C=O) groups is 3. The Kier molecular flexibility index (Phi) is 12.3. The maximum absolute atomic E-state index is 12.2. The van der Waals surface area contributed by atoms with E-state index in [9.17, 15) is 14.4 Å². The first kappa shape index (κ1) is 27.2. The van der Waals surface area contributed by atoms with Crippen molar-refractivity contribution in [3.05, 3.63) is 28.2 Å². The predicted molar refractivity (Wildman–Crippen MR) is 134 cm³/mol. The maximum atomic E-state index is 12.2. The van der Waals surface area contributed by atoms with Gasteiger partial charge in [-0.05, 0) is 43.9 Å². The van der Waals surface area contributed by atoms with Crippen molar-refractivity contribution >= 4 is 60.1 Å². The number of unbranched alkanes of at least 4 members (excludes halogenated alkanes) is 5. The van der Waals surface area contributed by atoms with E-state index in [0.29, 0.717) is 61.1 Å². The minimum Gasteiger partial charge on any atom is -0.356 e. The molecule has 1 aromatic carbocycles. The first-order valence-electron chi connectivity index (χ1n) is 11.5. The monoisotopic (exact) mass is 492 g/mol. The number of hydrogen-bond acceptors (Lipinski definition) is 5. The van der Waals surface area contributed by atoms with E-state index in [-0.39, 0.29) is 17.5 Å². The van der Waals surface area contributed by atoms with E-state index >= 15 is 0 Å². The molecule has 2 radical (unpaired) electrons. The van der Waals surface area contributed by atoms with Crippen LogP contribution in [0.15, 0.2) is 23.3 Å². The third-order valence-electron chi connectivity index (χ3n) is 5.27. The lowest BCUT2D eigenvalue weighted by Crippen LogP contribution is -2.30. The van der Waals surface area contributed by atoms with E-state index in [1.807, 2.05) is 6.07 Å². The fourth-order valence-electron chi connectivity index (χ4n) is 3.46. The highest BCUT2D eigenvalue weighted by atomic mass is 35.5. The number of anilines is 1. The van der Waals surface area contributed by atoms with Gasteiger partial charge in [0.05, 0.1) is 21.4 Å². The number of halogens is 2. The van der Waals surface area contributed by atoms with Crippen LogP contribution in [0.25, 0.3) is 0 Å². The maximum Gasteiger partial charge on any atom is 0.225 e. The van der Waals surface area contributed by atoms with Crippen LogP contribution in [-0.4, -0.2) is 44.3 Å². The summed E-state index contributed by atoms with van der Waals surface area (Å²) in [4.78, 5) is 34.7. The van der Waals surface area contributed by atoms with Gasteiger partial charge in [0, 0.05) is 32.4 Å². The molecule has 178 valence electrons. The summed E-state index contributed by atoms with van der Waals surface area (Å²) in [6, 6.07) is 5.29. The molecule has 0 aromatic heterocycles. The van der Waals surface area contributed by atoms with E-state index < -0.39 is 0 Å². The van der Waals surface area contributed by atoms with Crippen LogP contribution in [0.1, 0.15) is 70.6 Å². The van der Waals surface area contributed by atoms with Crippen molar-refractivity contribution < 1.29 is 14.4 Å². The highest BCUT2D eigenvalue weighted by molar-refractivity contribution is 6.57. The lowest BCUT2D eigenvalue weighted by molar-refractivity contribution is -0.122. The highest BCUT2D eigenvalue weighted by Crippen LogP contribution is 2.28. The highest BCUT2D eigenvalue weighted by Gasteiger charge is 2.18. The number of carbonyl (C=O) groups excluding carboxylic acids is 3. The minimum atomic E-state index is -0.247. The molecule has 1 heterocycles. The van der Waals surface area contributed by atoms with Crippen molar-refractivity contribution in [3.63, 3.8) is 0 Å². The number of benzene rings is 1. The molecule has 0 saturated carbocycles. The van der Waals surface area contributed by atoms with E-state index in [1.165, 1.54) is 0 Å². The Bertz CT molecular complexity index is 851. The molecule has 2 amide bonds. The van der Waals surface area contributed by atoms with Gasteiger partial charge in [-0.3, -0.25) is 14.6 Å². The first-order valence-corrected chi connectivity index (χ1v) is 12.3. The average molecular weight is 493 g/mol. The number of amidine groups is 1. The lowest BCUT2D eigenvalue weighted by atomic mass is 9.96. The standard InChI is InChI=1S/C23H31BCl2N4O3/c24-20(31)8-5-3-1-2-4-6-9-22(32)27-14-7-10-23(33)28-21-13-15-30(29-21)17-11-12-18(25)19(26)16-17/h11-12,16H,1-10,13-15H2,(H,27,32)(H,28,29,33). The van der Waals surface area contributed by atoms with Crippen LogP contribution < -0.4 is 15.6 Å². The molecule has 0 bridgehead atoms. The van der Waals surface area contributed by atoms with Crippen LogP contribution in [0.3, 0.4) is 0 Å². The third kappa shape index (κ3) is 11.1. The quantitative estimate of drug-likeness (QED) is 0.298. The van der Waals surface area contributed by atoms with Gasteiger partial charge in [0.15, 0.2) is 7.85 Å². The third-order valence-corrected chi connectivity index (χ3v) is 6.01. The average Bonchev–Trinajstić information content (AvgIpc) is 3.23. The normalized spacial score (nSPS) is 13.0. The number of hydrazone groups is 1. The Morgan fingerprint density at radius 2 is 1.58 bits per heavy atom. The molecule has 33 heavy (non-hydrogen) atoms. The van der Waals surface area contributed by atoms with E-state index in [0.717, 1.165) is 44.2 Å². The number of amides is 2. The van der Waals surface area contributed by atoms with Gasteiger partial charge >= 0.3 is 0 Å². The largest absolute Gasteiger partial charge is 0.356 e. The van der Waals surface area contributed by atoms with E-state index in [1.54, 1.807) is 17.1 Å². The second-order valence-corrected chi connectivity index (χ2v) is 8.92. The van der Waals surface area contributed by atoms with Crippen LogP contribution in [-0.2, 0) is 14.4 Å². The second-order valence-electron chi connectivity index (χ2n) is 8.11. The Morgan fingerprint density at radius 3 is 2.27 bits per heavy atom. The summed E-state index contributed by atoms with van der Waals surface area (Å²) in [5, 5.41) is 12.8. The zero-order valence-corrected chi connectivity index (χ0v) is 20.4. The Morgan fingerprint density at radius 1 is 0.909 bits per heavy atom. The van der Waals surface area contributed by atoms with Gasteiger partial charge in [0.1, 0.15) is 5.84 Å². The van der Waals surface area contributed by atoms with Gasteiger partial charge in [-0.15, -0.1) is 0 Å². The second kappa shape index (κ2) is 15.0. The van der Waals surface area contributed by atoms with Crippen LogP contribution in [0, 0.1) is 0 Å². The van der Waals surface area contributed by atoms with Crippen LogP contribution >= 0.6 is 23.2 Å². The number of rotatable bonds is 14. The van der Waals surface area contributed by atoms with Crippen LogP contribution in [0.5, 0.6) is 0 Å². The number of nitrogens with one attached hydrogen (secondary N) is 2. The van der Waals surface area contributed by atoms with Crippen LogP contribution in [0.2, 0.25) is 10.0 Å². The van der Waals surface area contributed by atoms with Gasteiger partial charge in [0.2, 0.25) is 11.8 Å². The summed E-state index contributed by atoms with van der Waals surface area (Å²) < 4.78 is 0. The molecule has 0 fully saturated rings. The molecular formula is C23H31BCl2N4O3. The van der Waals surface area contributed by atoms with Gasteiger partial charge in [0.25, 0.3) is 0 Å². The van der Waals surface area contributed by atoms with E-state index in [4.69, 9.17) is 31.0 Å². The fourth-order valence-corrected chi connectivity index (χ4v) is 3.75. The topological polar surface area (TPSA) is 90.9 Å².